The quantitative estimate of drug-likeness (QED) is 0.847. The minimum atomic E-state index is -0.945. The fraction of sp³-hybridized carbons (Fsp3) is 0.667. The summed E-state index contributed by atoms with van der Waals surface area (Å²) in [4.78, 5) is 7.36. The summed E-state index contributed by atoms with van der Waals surface area (Å²) >= 11 is 0. The lowest BCUT2D eigenvalue weighted by atomic mass is 9.73. The van der Waals surface area contributed by atoms with E-state index in [0.717, 1.165) is 24.4 Å². The van der Waals surface area contributed by atoms with Crippen LogP contribution in [0.4, 0.5) is 5.69 Å². The molecule has 2 aliphatic heterocycles. The molecule has 25 heavy (non-hydrogen) atoms. The normalized spacial score (nSPS) is 30.1. The van der Waals surface area contributed by atoms with E-state index >= 15 is 0 Å². The molecule has 4 heteroatoms. The Morgan fingerprint density at radius 1 is 1.08 bits per heavy atom. The van der Waals surface area contributed by atoms with Crippen LogP contribution < -0.4 is 4.90 Å². The summed E-state index contributed by atoms with van der Waals surface area (Å²) in [5.74, 6) is 0.732. The number of hydrogen-bond acceptors (Lipinski definition) is 4. The van der Waals surface area contributed by atoms with Crippen LogP contribution in [0, 0.1) is 0 Å². The summed E-state index contributed by atoms with van der Waals surface area (Å²) in [5.41, 5.74) is -0.685. The second-order valence-electron chi connectivity index (χ2n) is 9.05. The molecule has 1 saturated heterocycles. The van der Waals surface area contributed by atoms with E-state index in [1.807, 2.05) is 19.9 Å². The maximum Gasteiger partial charge on any atom is 0.216 e. The molecule has 4 rings (SSSR count). The monoisotopic (exact) mass is 342 g/mol. The Hall–Kier alpha value is -1.55. The number of rotatable bonds is 3. The van der Waals surface area contributed by atoms with E-state index < -0.39 is 11.1 Å². The molecular weight excluding hydrogens is 312 g/mol. The topological polar surface area (TPSA) is 44.8 Å². The number of hydrogen-bond donors (Lipinski definition) is 1. The van der Waals surface area contributed by atoms with E-state index in [0.29, 0.717) is 6.61 Å². The van der Waals surface area contributed by atoms with Crippen LogP contribution in [0.5, 0.6) is 0 Å². The third-order valence-electron chi connectivity index (χ3n) is 6.24. The molecule has 1 saturated carbocycles. The third-order valence-corrected chi connectivity index (χ3v) is 6.24. The molecule has 1 spiro atoms. The van der Waals surface area contributed by atoms with Crippen molar-refractivity contribution in [3.63, 3.8) is 0 Å². The van der Waals surface area contributed by atoms with Gasteiger partial charge in [0.15, 0.2) is 5.54 Å². The van der Waals surface area contributed by atoms with Crippen LogP contribution >= 0.6 is 0 Å². The van der Waals surface area contributed by atoms with E-state index in [2.05, 4.69) is 43.0 Å². The van der Waals surface area contributed by atoms with Gasteiger partial charge in [-0.15, -0.1) is 0 Å². The van der Waals surface area contributed by atoms with Gasteiger partial charge in [-0.3, -0.25) is 0 Å². The van der Waals surface area contributed by atoms with E-state index in [9.17, 15) is 5.11 Å². The molecule has 0 bridgehead atoms. The summed E-state index contributed by atoms with van der Waals surface area (Å²) in [7, 11) is 0. The van der Waals surface area contributed by atoms with Crippen LogP contribution in [-0.2, 0) is 4.74 Å². The van der Waals surface area contributed by atoms with Gasteiger partial charge in [-0.25, -0.2) is 4.99 Å². The maximum atomic E-state index is 11.4. The second-order valence-corrected chi connectivity index (χ2v) is 9.05. The van der Waals surface area contributed by atoms with Gasteiger partial charge < -0.3 is 14.7 Å². The summed E-state index contributed by atoms with van der Waals surface area (Å²) in [6.45, 7) is 8.62. The van der Waals surface area contributed by atoms with Crippen molar-refractivity contribution >= 4 is 11.6 Å². The molecule has 1 aromatic carbocycles. The zero-order valence-electron chi connectivity index (χ0n) is 15.9. The highest BCUT2D eigenvalue weighted by Gasteiger charge is 2.83. The first kappa shape index (κ1) is 16.9. The Morgan fingerprint density at radius 2 is 1.72 bits per heavy atom. The molecule has 2 fully saturated rings. The summed E-state index contributed by atoms with van der Waals surface area (Å²) < 4.78 is 6.15. The van der Waals surface area contributed by atoms with Gasteiger partial charge in [0.2, 0.25) is 5.90 Å². The van der Waals surface area contributed by atoms with Gasteiger partial charge in [-0.2, -0.15) is 0 Å². The van der Waals surface area contributed by atoms with Gasteiger partial charge in [0.25, 0.3) is 0 Å². The van der Waals surface area contributed by atoms with E-state index in [4.69, 9.17) is 9.73 Å². The molecule has 1 unspecified atom stereocenters. The second kappa shape index (κ2) is 5.23. The Bertz CT molecular complexity index is 684. The third kappa shape index (κ3) is 2.19. The standard InChI is InChI=1S/C21H30N2O2/c1-18(2)15-25-17(22-18)21(19(3,4)24)20(13-9-6-10-14-20)23(21)16-11-7-5-8-12-16/h5,7-8,11-12,24H,6,9-10,13-15H2,1-4H3. The van der Waals surface area contributed by atoms with Gasteiger partial charge in [0.1, 0.15) is 6.61 Å². The van der Waals surface area contributed by atoms with Crippen LogP contribution in [-0.4, -0.2) is 39.8 Å². The lowest BCUT2D eigenvalue weighted by Gasteiger charge is -2.33. The average Bonchev–Trinajstić information content (AvgIpc) is 2.97. The molecule has 2 heterocycles. The first-order valence-electron chi connectivity index (χ1n) is 9.56. The Labute approximate surface area is 150 Å². The van der Waals surface area contributed by atoms with Crippen molar-refractivity contribution in [2.45, 2.75) is 82.0 Å². The average molecular weight is 342 g/mol. The molecule has 0 aromatic heterocycles. The predicted molar refractivity (Wildman–Crippen MR) is 101 cm³/mol. The maximum absolute atomic E-state index is 11.4. The summed E-state index contributed by atoms with van der Waals surface area (Å²) in [6.07, 6.45) is 5.81. The highest BCUT2D eigenvalue weighted by atomic mass is 16.5. The molecular formula is C21H30N2O2. The lowest BCUT2D eigenvalue weighted by molar-refractivity contribution is 0.0439. The van der Waals surface area contributed by atoms with Gasteiger partial charge in [-0.05, 0) is 52.7 Å². The first-order valence-corrected chi connectivity index (χ1v) is 9.56. The van der Waals surface area contributed by atoms with E-state index in [1.54, 1.807) is 0 Å². The molecule has 0 radical (unpaired) electrons. The van der Waals surface area contributed by atoms with Crippen molar-refractivity contribution in [3.8, 4) is 0 Å². The van der Waals surface area contributed by atoms with Gasteiger partial charge in [-0.1, -0.05) is 37.5 Å². The number of ether oxygens (including phenoxy) is 1. The summed E-state index contributed by atoms with van der Waals surface area (Å²) in [6, 6.07) is 10.5. The molecule has 0 amide bonds. The van der Waals surface area contributed by atoms with Crippen LogP contribution in [0.3, 0.4) is 0 Å². The smallest absolute Gasteiger partial charge is 0.216 e. The first-order chi connectivity index (χ1) is 11.7. The number of anilines is 1. The SMILES string of the molecule is CC1(C)COC(C2(C(C)(C)O)N(c3ccccc3)C23CCCCC3)=N1. The van der Waals surface area contributed by atoms with Crippen molar-refractivity contribution in [1.82, 2.24) is 0 Å². The summed E-state index contributed by atoms with van der Waals surface area (Å²) in [5, 5.41) is 11.4. The van der Waals surface area contributed by atoms with E-state index in [1.165, 1.54) is 19.3 Å². The number of aliphatic hydroxyl groups is 1. The minimum absolute atomic E-state index is 0.0931. The fourth-order valence-corrected chi connectivity index (χ4v) is 5.36. The molecule has 4 nitrogen and oxygen atoms in total. The van der Waals surface area contributed by atoms with Crippen molar-refractivity contribution < 1.29 is 9.84 Å². The van der Waals surface area contributed by atoms with E-state index in [-0.39, 0.29) is 11.1 Å². The Balaban J connectivity index is 1.89. The molecule has 1 atom stereocenters. The number of aliphatic imine (C=N–C) groups is 1. The van der Waals surface area contributed by atoms with Crippen LogP contribution in [0.2, 0.25) is 0 Å². The zero-order chi connectivity index (χ0) is 17.9. The molecule has 1 aliphatic carbocycles. The highest BCUT2D eigenvalue weighted by Crippen LogP contribution is 2.66. The lowest BCUT2D eigenvalue weighted by Crippen LogP contribution is -2.53. The Morgan fingerprint density at radius 3 is 2.24 bits per heavy atom. The molecule has 3 aliphatic rings. The van der Waals surface area contributed by atoms with Gasteiger partial charge in [0, 0.05) is 5.69 Å². The van der Waals surface area contributed by atoms with Crippen molar-refractivity contribution in [2.24, 2.45) is 4.99 Å². The zero-order valence-corrected chi connectivity index (χ0v) is 15.9. The van der Waals surface area contributed by atoms with Crippen LogP contribution in [0.1, 0.15) is 59.8 Å². The number of nitrogens with zero attached hydrogens (tertiary/aromatic N) is 2. The molecule has 1 aromatic rings. The number of para-hydroxylation sites is 1. The fourth-order valence-electron chi connectivity index (χ4n) is 5.36. The largest absolute Gasteiger partial charge is 0.477 e. The van der Waals surface area contributed by atoms with Crippen LogP contribution in [0.15, 0.2) is 35.3 Å². The highest BCUT2D eigenvalue weighted by molar-refractivity contribution is 6.02. The van der Waals surface area contributed by atoms with Crippen molar-refractivity contribution in [3.05, 3.63) is 30.3 Å². The van der Waals surface area contributed by atoms with Crippen molar-refractivity contribution in [1.29, 1.82) is 0 Å². The molecule has 136 valence electrons. The van der Waals surface area contributed by atoms with Crippen molar-refractivity contribution in [2.75, 3.05) is 11.5 Å². The number of benzene rings is 1. The Kier molecular flexibility index (Phi) is 3.53. The minimum Gasteiger partial charge on any atom is -0.477 e. The van der Waals surface area contributed by atoms with Gasteiger partial charge in [0.05, 0.1) is 16.7 Å². The van der Waals surface area contributed by atoms with Crippen LogP contribution in [0.25, 0.3) is 0 Å². The molecule has 1 N–H and O–H groups in total. The van der Waals surface area contributed by atoms with Gasteiger partial charge >= 0.3 is 0 Å². The predicted octanol–water partition coefficient (Wildman–Crippen LogP) is 3.93.